The van der Waals surface area contributed by atoms with Crippen LogP contribution in [-0.4, -0.2) is 17.5 Å². The Labute approximate surface area is 55.3 Å². The van der Waals surface area contributed by atoms with Crippen LogP contribution in [0.25, 0.3) is 0 Å². The van der Waals surface area contributed by atoms with E-state index in [1.807, 2.05) is 0 Å². The van der Waals surface area contributed by atoms with Crippen LogP contribution in [-0.2, 0) is 0 Å². The highest BCUT2D eigenvalue weighted by atomic mass is 15.3. The van der Waals surface area contributed by atoms with Crippen LogP contribution in [0.5, 0.6) is 0 Å². The molecular weight excluding hydrogens is 112 g/mol. The lowest BCUT2D eigenvalue weighted by Gasteiger charge is -1.94. The van der Waals surface area contributed by atoms with Crippen molar-refractivity contribution in [3.8, 4) is 0 Å². The molecule has 2 heterocycles. The summed E-state index contributed by atoms with van der Waals surface area (Å²) in [6.45, 7) is 1.25. The Morgan fingerprint density at radius 2 is 2.56 bits per heavy atom. The molecule has 2 rings (SSSR count). The van der Waals surface area contributed by atoms with Crippen LogP contribution in [0.1, 0.15) is 19.3 Å². The van der Waals surface area contributed by atoms with E-state index in [1.54, 1.807) is 0 Å². The molecule has 1 atom stereocenters. The highest BCUT2D eigenvalue weighted by molar-refractivity contribution is 5.07. The topological polar surface area (TPSA) is 29.0 Å². The van der Waals surface area contributed by atoms with E-state index in [1.165, 1.54) is 19.4 Å². The van der Waals surface area contributed by atoms with Gasteiger partial charge in [0.2, 0.25) is 0 Å². The number of nitrogens with zero attached hydrogens (tertiary/aromatic N) is 1. The van der Waals surface area contributed by atoms with Crippen molar-refractivity contribution >= 4 is 0 Å². The number of hydrogen-bond acceptors (Lipinski definition) is 2. The van der Waals surface area contributed by atoms with Crippen molar-refractivity contribution < 1.29 is 0 Å². The lowest BCUT2D eigenvalue weighted by molar-refractivity contribution is 0.637. The Morgan fingerprint density at radius 1 is 1.67 bits per heavy atom. The van der Waals surface area contributed by atoms with Crippen LogP contribution in [0.15, 0.2) is 11.9 Å². The number of hydrogen-bond donors (Lipinski definition) is 1. The van der Waals surface area contributed by atoms with Gasteiger partial charge in [0.25, 0.3) is 0 Å². The van der Waals surface area contributed by atoms with E-state index in [0.717, 1.165) is 18.2 Å². The summed E-state index contributed by atoms with van der Waals surface area (Å²) in [6, 6.07) is 0.853. The van der Waals surface area contributed by atoms with Gasteiger partial charge in [-0.25, -0.2) is 0 Å². The summed E-state index contributed by atoms with van der Waals surface area (Å²) in [7, 11) is 0. The fourth-order valence-electron chi connectivity index (χ4n) is 1.43. The normalized spacial score (nSPS) is 32.7. The van der Waals surface area contributed by atoms with Crippen molar-refractivity contribution in [3.63, 3.8) is 0 Å². The minimum atomic E-state index is 0.853. The van der Waals surface area contributed by atoms with E-state index in [-0.39, 0.29) is 0 Å². The molecule has 2 aliphatic heterocycles. The Morgan fingerprint density at radius 3 is 3.44 bits per heavy atom. The first-order valence-electron chi connectivity index (χ1n) is 3.58. The van der Waals surface area contributed by atoms with Gasteiger partial charge in [-0.15, -0.1) is 0 Å². The lowest BCUT2D eigenvalue weighted by atomic mass is 10.2. The highest BCUT2D eigenvalue weighted by Crippen LogP contribution is 2.27. The van der Waals surface area contributed by atoms with Gasteiger partial charge in [-0.2, -0.15) is 0 Å². The second kappa shape index (κ2) is 1.66. The van der Waals surface area contributed by atoms with E-state index in [0.29, 0.717) is 0 Å². The Bertz CT molecular complexity index is 151. The molecule has 2 nitrogen and oxygen atoms in total. The summed E-state index contributed by atoms with van der Waals surface area (Å²) in [5.74, 6) is 0. The number of fused-ring (bicyclic) bond motifs is 1. The second-order valence-electron chi connectivity index (χ2n) is 2.95. The molecule has 0 aromatic carbocycles. The van der Waals surface area contributed by atoms with Gasteiger partial charge in [0.15, 0.2) is 0 Å². The number of nitrogens with two attached hydrogens (primary N) is 1. The van der Waals surface area contributed by atoms with E-state index >= 15 is 0 Å². The van der Waals surface area contributed by atoms with Gasteiger partial charge in [-0.1, -0.05) is 0 Å². The fraction of sp³-hybridized carbons (Fsp3) is 0.714. The van der Waals surface area contributed by atoms with E-state index in [4.69, 9.17) is 5.73 Å². The van der Waals surface area contributed by atoms with Crippen molar-refractivity contribution in [2.75, 3.05) is 6.54 Å². The summed E-state index contributed by atoms with van der Waals surface area (Å²) in [4.78, 5) is 2.32. The molecule has 2 heteroatoms. The molecular formula is C7H12N2. The van der Waals surface area contributed by atoms with Crippen molar-refractivity contribution in [3.05, 3.63) is 11.9 Å². The van der Waals surface area contributed by atoms with Crippen molar-refractivity contribution in [1.29, 1.82) is 0 Å². The van der Waals surface area contributed by atoms with E-state index in [2.05, 4.69) is 11.1 Å². The first-order chi connectivity index (χ1) is 4.36. The Kier molecular flexibility index (Phi) is 0.949. The van der Waals surface area contributed by atoms with Gasteiger partial charge >= 0.3 is 0 Å². The van der Waals surface area contributed by atoms with Crippen molar-refractivity contribution in [2.45, 2.75) is 25.3 Å². The fourth-order valence-corrected chi connectivity index (χ4v) is 1.43. The van der Waals surface area contributed by atoms with Gasteiger partial charge in [0.1, 0.15) is 0 Å². The largest absolute Gasteiger partial charge is 0.401 e. The molecule has 1 unspecified atom stereocenters. The van der Waals surface area contributed by atoms with Crippen LogP contribution in [0.3, 0.4) is 0 Å². The minimum Gasteiger partial charge on any atom is -0.401 e. The third-order valence-electron chi connectivity index (χ3n) is 2.09. The number of allylic oxidation sites excluding steroid dienone is 1. The minimum absolute atomic E-state index is 0.853. The average molecular weight is 124 g/mol. The maximum Gasteiger partial charge on any atom is 0.0461 e. The molecule has 0 saturated carbocycles. The third kappa shape index (κ3) is 0.889. The standard InChI is InChI=1S/C7H12N2/c8-6-2-1-3-7-5-9(7)4-6/h4,7H,1-3,5,8H2. The SMILES string of the molecule is NC1=CN2CC2CCC1. The monoisotopic (exact) mass is 124 g/mol. The molecule has 9 heavy (non-hydrogen) atoms. The number of rotatable bonds is 0. The molecule has 0 aromatic rings. The molecule has 0 aliphatic carbocycles. The van der Waals surface area contributed by atoms with Crippen molar-refractivity contribution in [1.82, 2.24) is 4.90 Å². The zero-order valence-electron chi connectivity index (χ0n) is 5.51. The summed E-state index contributed by atoms with van der Waals surface area (Å²) in [6.07, 6.45) is 5.84. The predicted octanol–water partition coefficient (Wildman–Crippen LogP) is 0.655. The third-order valence-corrected chi connectivity index (χ3v) is 2.09. The van der Waals surface area contributed by atoms with Gasteiger partial charge in [0.05, 0.1) is 0 Å². The van der Waals surface area contributed by atoms with Gasteiger partial charge < -0.3 is 10.6 Å². The van der Waals surface area contributed by atoms with Crippen LogP contribution < -0.4 is 5.73 Å². The Balaban J connectivity index is 2.08. The molecule has 50 valence electrons. The van der Waals surface area contributed by atoms with Crippen LogP contribution in [0.4, 0.5) is 0 Å². The first-order valence-corrected chi connectivity index (χ1v) is 3.58. The maximum atomic E-state index is 5.67. The molecule has 1 saturated heterocycles. The van der Waals surface area contributed by atoms with Crippen LogP contribution in [0.2, 0.25) is 0 Å². The average Bonchev–Trinajstić information content (AvgIpc) is 2.43. The quantitative estimate of drug-likeness (QED) is 0.480. The second-order valence-corrected chi connectivity index (χ2v) is 2.95. The highest BCUT2D eigenvalue weighted by Gasteiger charge is 2.31. The Hall–Kier alpha value is -0.660. The molecule has 0 spiro atoms. The summed E-state index contributed by atoms with van der Waals surface area (Å²) >= 11 is 0. The van der Waals surface area contributed by atoms with E-state index < -0.39 is 0 Å². The summed E-state index contributed by atoms with van der Waals surface area (Å²) in [5.41, 5.74) is 6.74. The van der Waals surface area contributed by atoms with E-state index in [9.17, 15) is 0 Å². The molecule has 2 aliphatic rings. The van der Waals surface area contributed by atoms with Gasteiger partial charge in [0, 0.05) is 24.5 Å². The van der Waals surface area contributed by atoms with Crippen LogP contribution in [0, 0.1) is 0 Å². The molecule has 0 radical (unpaired) electrons. The smallest absolute Gasteiger partial charge is 0.0461 e. The lowest BCUT2D eigenvalue weighted by Crippen LogP contribution is -1.97. The zero-order chi connectivity index (χ0) is 6.27. The summed E-state index contributed by atoms with van der Waals surface area (Å²) in [5, 5.41) is 0. The molecule has 2 N–H and O–H groups in total. The van der Waals surface area contributed by atoms with Crippen molar-refractivity contribution in [2.24, 2.45) is 5.73 Å². The molecule has 0 aromatic heterocycles. The molecule has 1 fully saturated rings. The van der Waals surface area contributed by atoms with Gasteiger partial charge in [-0.05, 0) is 19.3 Å². The summed E-state index contributed by atoms with van der Waals surface area (Å²) < 4.78 is 0. The van der Waals surface area contributed by atoms with Crippen LogP contribution >= 0.6 is 0 Å². The first kappa shape index (κ1) is 5.15. The molecule has 0 amide bonds. The maximum absolute atomic E-state index is 5.67. The predicted molar refractivity (Wildman–Crippen MR) is 36.6 cm³/mol. The molecule has 0 bridgehead atoms. The zero-order valence-corrected chi connectivity index (χ0v) is 5.51. The van der Waals surface area contributed by atoms with Gasteiger partial charge in [-0.3, -0.25) is 0 Å².